The van der Waals surface area contributed by atoms with Crippen molar-refractivity contribution in [3.8, 4) is 28.8 Å². The van der Waals surface area contributed by atoms with Crippen LogP contribution in [-0.2, 0) is 51.3 Å². The van der Waals surface area contributed by atoms with E-state index in [1.807, 2.05) is 48.5 Å². The van der Waals surface area contributed by atoms with Gasteiger partial charge in [0, 0.05) is 42.6 Å². The Bertz CT molecular complexity index is 2940. The van der Waals surface area contributed by atoms with Crippen LogP contribution in [0.5, 0.6) is 11.6 Å². The lowest BCUT2D eigenvalue weighted by Crippen LogP contribution is -2.54. The van der Waals surface area contributed by atoms with Crippen LogP contribution in [0.4, 0.5) is 5.69 Å². The number of H-pyrrole nitrogens is 1. The number of imide groups is 2. The zero-order chi connectivity index (χ0) is 48.5. The molecule has 1 fully saturated rings. The molecule has 1 saturated heterocycles. The van der Waals surface area contributed by atoms with E-state index in [0.717, 1.165) is 22.2 Å². The van der Waals surface area contributed by atoms with Gasteiger partial charge in [0.15, 0.2) is 9.84 Å². The van der Waals surface area contributed by atoms with E-state index in [-0.39, 0.29) is 93.4 Å². The van der Waals surface area contributed by atoms with Crippen LogP contribution in [0.2, 0.25) is 0 Å². The van der Waals surface area contributed by atoms with Gasteiger partial charge in [0.2, 0.25) is 29.5 Å². The first-order valence-corrected chi connectivity index (χ1v) is 24.1. The van der Waals surface area contributed by atoms with Gasteiger partial charge in [0.1, 0.15) is 30.7 Å². The largest absolute Gasteiger partial charge is 0.493 e. The molecule has 2 aliphatic heterocycles. The van der Waals surface area contributed by atoms with E-state index in [1.54, 1.807) is 24.3 Å². The fraction of sp³-hybridized carbons (Fsp3) is 0.312. The molecule has 2 aliphatic rings. The van der Waals surface area contributed by atoms with Crippen LogP contribution in [0, 0.1) is 0 Å². The summed E-state index contributed by atoms with van der Waals surface area (Å²) in [6, 6.07) is 25.2. The maximum absolute atomic E-state index is 13.2. The van der Waals surface area contributed by atoms with Crippen molar-refractivity contribution in [2.75, 3.05) is 70.9 Å². The van der Waals surface area contributed by atoms with Gasteiger partial charge in [0.05, 0.1) is 60.1 Å². The molecule has 1 atom stereocenters. The Kier molecular flexibility index (Phi) is 15.1. The number of ether oxygens (including phenoxy) is 4. The second-order valence-electron chi connectivity index (χ2n) is 16.2. The van der Waals surface area contributed by atoms with Crippen molar-refractivity contribution >= 4 is 56.1 Å². The van der Waals surface area contributed by atoms with Gasteiger partial charge in [-0.2, -0.15) is 9.78 Å². The molecule has 6 aromatic rings. The van der Waals surface area contributed by atoms with Crippen LogP contribution < -0.4 is 20.7 Å². The molecule has 0 spiro atoms. The van der Waals surface area contributed by atoms with Gasteiger partial charge in [-0.3, -0.25) is 34.2 Å². The van der Waals surface area contributed by atoms with Crippen LogP contribution >= 0.6 is 0 Å². The van der Waals surface area contributed by atoms with Crippen LogP contribution in [0.15, 0.2) is 95.9 Å². The normalized spacial score (nSPS) is 14.9. The van der Waals surface area contributed by atoms with E-state index in [1.165, 1.54) is 22.9 Å². The number of rotatable bonds is 23. The first kappa shape index (κ1) is 48.0. The molecule has 21 heteroatoms. The minimum absolute atomic E-state index is 0.0406. The molecule has 0 radical (unpaired) electrons. The Morgan fingerprint density at radius 1 is 0.826 bits per heavy atom. The molecule has 0 bridgehead atoms. The topological polar surface area (TPSA) is 262 Å². The highest BCUT2D eigenvalue weighted by atomic mass is 32.2. The summed E-state index contributed by atoms with van der Waals surface area (Å²) < 4.78 is 48.0. The van der Waals surface area contributed by atoms with Crippen molar-refractivity contribution in [2.24, 2.45) is 0 Å². The molecule has 0 saturated carbocycles. The molecular weight excluding hydrogens is 913 g/mol. The van der Waals surface area contributed by atoms with E-state index < -0.39 is 39.5 Å². The second kappa shape index (κ2) is 21.7. The molecule has 360 valence electrons. The quantitative estimate of drug-likeness (QED) is 0.0456. The number of nitrogens with one attached hydrogen (secondary N) is 4. The van der Waals surface area contributed by atoms with Crippen LogP contribution in [0.1, 0.15) is 44.7 Å². The second-order valence-corrected chi connectivity index (χ2v) is 18.2. The predicted octanol–water partition coefficient (Wildman–Crippen LogP) is 3.37. The summed E-state index contributed by atoms with van der Waals surface area (Å²) in [4.78, 5) is 71.3. The number of aryl methyl sites for hydroxylation is 1. The van der Waals surface area contributed by atoms with Crippen molar-refractivity contribution < 1.29 is 56.4 Å². The third kappa shape index (κ3) is 11.5. The number of para-hydroxylation sites is 2. The monoisotopic (exact) mass is 962 g/mol. The zero-order valence-electron chi connectivity index (χ0n) is 37.6. The molecule has 8 rings (SSSR count). The van der Waals surface area contributed by atoms with Crippen molar-refractivity contribution in [1.82, 2.24) is 35.3 Å². The molecule has 4 aromatic carbocycles. The summed E-state index contributed by atoms with van der Waals surface area (Å²) in [7, 11) is -3.40. The number of hydrogen-bond donors (Lipinski definition) is 5. The van der Waals surface area contributed by atoms with Gasteiger partial charge in [-0.1, -0.05) is 42.5 Å². The third-order valence-corrected chi connectivity index (χ3v) is 12.5. The number of aromatic amines is 1. The van der Waals surface area contributed by atoms with Gasteiger partial charge in [-0.25, -0.2) is 13.4 Å². The standard InChI is InChI=1S/C48H50N8O12S/c1-69(63,64)33-16-12-31(13-17-33)43-35(46(61)56(54-43)48-51-36-6-2-3-7-37(36)52-48)18-11-30-9-14-32(15-10-30)68-28-27-67-29-41(58)50-22-24-66-26-25-65-23-21-49-38-8-4-5-34-42(38)47(62)55(45(34)60)39-19-20-40(57)53-44(39)59/h2-10,12-17,39,49,61H,11,18-29H2,1H3,(H,50,58)(H,51,52)(H,53,57,59). The molecule has 5 amide bonds. The zero-order valence-corrected chi connectivity index (χ0v) is 38.4. The summed E-state index contributed by atoms with van der Waals surface area (Å²) in [6.07, 6.45) is 2.23. The number of carbonyl (C=O) groups excluding carboxylic acids is 5. The van der Waals surface area contributed by atoms with E-state index >= 15 is 0 Å². The van der Waals surface area contributed by atoms with Crippen LogP contribution in [0.3, 0.4) is 0 Å². The lowest BCUT2D eigenvalue weighted by atomic mass is 10.0. The number of carbonyl (C=O) groups is 5. The molecule has 1 unspecified atom stereocenters. The van der Waals surface area contributed by atoms with Gasteiger partial charge in [-0.05, 0) is 73.4 Å². The molecule has 69 heavy (non-hydrogen) atoms. The molecular formula is C48H50N8O12S. The van der Waals surface area contributed by atoms with E-state index in [9.17, 15) is 37.5 Å². The molecule has 20 nitrogen and oxygen atoms in total. The Morgan fingerprint density at radius 3 is 2.30 bits per heavy atom. The highest BCUT2D eigenvalue weighted by Gasteiger charge is 2.45. The molecule has 2 aromatic heterocycles. The van der Waals surface area contributed by atoms with Gasteiger partial charge in [0.25, 0.3) is 11.8 Å². The fourth-order valence-corrected chi connectivity index (χ4v) is 8.54. The average Bonchev–Trinajstić information content (AvgIpc) is 3.99. The molecule has 4 heterocycles. The summed E-state index contributed by atoms with van der Waals surface area (Å²) in [5.41, 5.74) is 4.99. The van der Waals surface area contributed by atoms with E-state index in [4.69, 9.17) is 24.0 Å². The number of sulfone groups is 1. The highest BCUT2D eigenvalue weighted by molar-refractivity contribution is 7.90. The van der Waals surface area contributed by atoms with Gasteiger partial charge >= 0.3 is 0 Å². The summed E-state index contributed by atoms with van der Waals surface area (Å²) in [5, 5.41) is 24.2. The fourth-order valence-electron chi connectivity index (χ4n) is 7.91. The minimum atomic E-state index is -3.40. The number of aromatic hydroxyl groups is 1. The maximum Gasteiger partial charge on any atom is 0.264 e. The number of aromatic nitrogens is 4. The Labute approximate surface area is 396 Å². The maximum atomic E-state index is 13.2. The molecule has 0 aliphatic carbocycles. The minimum Gasteiger partial charge on any atom is -0.493 e. The van der Waals surface area contributed by atoms with Crippen LogP contribution in [-0.4, -0.2) is 139 Å². The predicted molar refractivity (Wildman–Crippen MR) is 250 cm³/mol. The number of benzene rings is 4. The van der Waals surface area contributed by atoms with E-state index in [2.05, 4.69) is 25.9 Å². The van der Waals surface area contributed by atoms with Crippen molar-refractivity contribution in [3.05, 3.63) is 113 Å². The summed E-state index contributed by atoms with van der Waals surface area (Å²) in [6.45, 7) is 1.96. The summed E-state index contributed by atoms with van der Waals surface area (Å²) in [5.74, 6) is -1.70. The first-order chi connectivity index (χ1) is 33.4. The average molecular weight is 963 g/mol. The third-order valence-electron chi connectivity index (χ3n) is 11.4. The number of piperidine rings is 1. The SMILES string of the molecule is CS(=O)(=O)c1ccc(-c2nn(-c3nc4ccccc4[nH]3)c(O)c2CCc2ccc(OCCOCC(=O)NCCOCCOCCNc3cccc4c3C(=O)N(C3CCC(=O)NC3=O)C4=O)cc2)cc1. The van der Waals surface area contributed by atoms with Crippen molar-refractivity contribution in [3.63, 3.8) is 0 Å². The Balaban J connectivity index is 0.697. The number of amides is 5. The summed E-state index contributed by atoms with van der Waals surface area (Å²) >= 11 is 0. The van der Waals surface area contributed by atoms with Gasteiger partial charge < -0.3 is 39.7 Å². The smallest absolute Gasteiger partial charge is 0.264 e. The number of fused-ring (bicyclic) bond motifs is 2. The van der Waals surface area contributed by atoms with Crippen LogP contribution in [0.25, 0.3) is 28.2 Å². The lowest BCUT2D eigenvalue weighted by molar-refractivity contribution is -0.136. The lowest BCUT2D eigenvalue weighted by Gasteiger charge is -2.27. The van der Waals surface area contributed by atoms with Gasteiger partial charge in [-0.15, -0.1) is 0 Å². The number of imidazole rings is 1. The first-order valence-electron chi connectivity index (χ1n) is 22.2. The molecule has 5 N–H and O–H groups in total. The highest BCUT2D eigenvalue weighted by Crippen LogP contribution is 2.35. The number of nitrogens with zero attached hydrogens (tertiary/aromatic N) is 4. The Hall–Kier alpha value is -7.46. The van der Waals surface area contributed by atoms with Crippen molar-refractivity contribution in [2.45, 2.75) is 36.6 Å². The number of hydrogen-bond acceptors (Lipinski definition) is 15. The van der Waals surface area contributed by atoms with E-state index in [0.29, 0.717) is 59.1 Å². The van der Waals surface area contributed by atoms with Crippen molar-refractivity contribution in [1.29, 1.82) is 0 Å². The number of anilines is 1. The Morgan fingerprint density at radius 2 is 1.57 bits per heavy atom.